The van der Waals surface area contributed by atoms with Gasteiger partial charge in [-0.3, -0.25) is 9.10 Å². The molecule has 0 radical (unpaired) electrons. The van der Waals surface area contributed by atoms with Gasteiger partial charge in [0.25, 0.3) is 5.91 Å². The smallest absolute Gasteiger partial charge is 0.251 e. The maximum Gasteiger partial charge on any atom is 0.251 e. The maximum atomic E-state index is 12.6. The molecule has 1 saturated carbocycles. The Morgan fingerprint density at radius 2 is 2.00 bits per heavy atom. The summed E-state index contributed by atoms with van der Waals surface area (Å²) < 4.78 is 25.0. The van der Waals surface area contributed by atoms with E-state index in [0.29, 0.717) is 36.1 Å². The third kappa shape index (κ3) is 3.29. The lowest BCUT2D eigenvalue weighted by Crippen LogP contribution is -2.43. The molecule has 0 spiro atoms. The van der Waals surface area contributed by atoms with Crippen LogP contribution in [0.25, 0.3) is 0 Å². The molecular formula is C18H26N2O3S. The Balaban J connectivity index is 1.75. The minimum atomic E-state index is -3.25. The van der Waals surface area contributed by atoms with Crippen molar-refractivity contribution in [1.82, 2.24) is 5.32 Å². The fraction of sp³-hybridized carbons (Fsp3) is 0.611. The van der Waals surface area contributed by atoms with E-state index in [2.05, 4.69) is 19.2 Å². The molecule has 5 nitrogen and oxygen atoms in total. The molecule has 2 aliphatic rings. The first-order valence-corrected chi connectivity index (χ1v) is 10.5. The van der Waals surface area contributed by atoms with Crippen molar-refractivity contribution in [3.63, 3.8) is 0 Å². The highest BCUT2D eigenvalue weighted by Crippen LogP contribution is 2.32. The number of carbonyl (C=O) groups excluding carboxylic acids is 1. The molecule has 1 fully saturated rings. The number of rotatable bonds is 3. The second-order valence-electron chi connectivity index (χ2n) is 7.28. The van der Waals surface area contributed by atoms with Crippen LogP contribution in [-0.4, -0.2) is 33.2 Å². The van der Waals surface area contributed by atoms with Gasteiger partial charge in [-0.1, -0.05) is 26.7 Å². The van der Waals surface area contributed by atoms with Crippen LogP contribution in [-0.2, 0) is 16.4 Å². The molecule has 0 unspecified atom stereocenters. The number of nitrogens with zero attached hydrogens (tertiary/aromatic N) is 1. The predicted molar refractivity (Wildman–Crippen MR) is 95.8 cm³/mol. The molecule has 1 amide bonds. The van der Waals surface area contributed by atoms with E-state index in [4.69, 9.17) is 0 Å². The molecule has 24 heavy (non-hydrogen) atoms. The van der Waals surface area contributed by atoms with E-state index >= 15 is 0 Å². The molecule has 1 aromatic carbocycles. The fourth-order valence-electron chi connectivity index (χ4n) is 3.89. The first-order valence-electron chi connectivity index (χ1n) is 8.69. The van der Waals surface area contributed by atoms with Gasteiger partial charge in [0, 0.05) is 18.2 Å². The lowest BCUT2D eigenvalue weighted by molar-refractivity contribution is 0.0891. The number of hydrogen-bond donors (Lipinski definition) is 1. The zero-order chi connectivity index (χ0) is 17.5. The van der Waals surface area contributed by atoms with Gasteiger partial charge in [-0.15, -0.1) is 0 Å². The first-order chi connectivity index (χ1) is 11.3. The van der Waals surface area contributed by atoms with Crippen molar-refractivity contribution in [2.75, 3.05) is 17.1 Å². The molecule has 1 aliphatic heterocycles. The summed E-state index contributed by atoms with van der Waals surface area (Å²) in [5.74, 6) is 1.06. The lowest BCUT2D eigenvalue weighted by atomic mass is 9.78. The van der Waals surface area contributed by atoms with Crippen LogP contribution in [0.15, 0.2) is 18.2 Å². The van der Waals surface area contributed by atoms with Crippen LogP contribution in [0.4, 0.5) is 5.69 Å². The molecule has 1 heterocycles. The van der Waals surface area contributed by atoms with Gasteiger partial charge < -0.3 is 5.32 Å². The van der Waals surface area contributed by atoms with Crippen LogP contribution in [0.2, 0.25) is 0 Å². The number of carbonyl (C=O) groups is 1. The molecule has 1 aliphatic carbocycles. The number of amides is 1. The Kier molecular flexibility index (Phi) is 4.60. The molecule has 0 bridgehead atoms. The Bertz CT molecular complexity index is 745. The van der Waals surface area contributed by atoms with Crippen LogP contribution in [0, 0.1) is 11.8 Å². The minimum Gasteiger partial charge on any atom is -0.349 e. The van der Waals surface area contributed by atoms with E-state index in [1.807, 2.05) is 6.07 Å². The third-order valence-electron chi connectivity index (χ3n) is 5.62. The second kappa shape index (κ2) is 6.39. The Morgan fingerprint density at radius 1 is 1.25 bits per heavy atom. The van der Waals surface area contributed by atoms with Crippen molar-refractivity contribution in [1.29, 1.82) is 0 Å². The maximum absolute atomic E-state index is 12.6. The number of benzene rings is 1. The van der Waals surface area contributed by atoms with Crippen LogP contribution in [0.3, 0.4) is 0 Å². The van der Waals surface area contributed by atoms with E-state index in [-0.39, 0.29) is 11.9 Å². The van der Waals surface area contributed by atoms with E-state index < -0.39 is 10.0 Å². The van der Waals surface area contributed by atoms with Gasteiger partial charge in [-0.05, 0) is 48.4 Å². The lowest BCUT2D eigenvalue weighted by Gasteiger charge is -2.34. The van der Waals surface area contributed by atoms with Crippen molar-refractivity contribution in [2.45, 2.75) is 45.6 Å². The summed E-state index contributed by atoms with van der Waals surface area (Å²) in [7, 11) is -3.25. The molecule has 3 atom stereocenters. The molecule has 0 aromatic heterocycles. The van der Waals surface area contributed by atoms with Crippen molar-refractivity contribution >= 4 is 21.6 Å². The standard InChI is InChI=1S/C18H26N2O3S/c1-12-5-4-6-16(13(12)2)19-18(21)15-7-8-17-14(11-15)9-10-20(17)24(3,22)23/h7-8,11-13,16H,4-6,9-10H2,1-3H3,(H,19,21)/t12-,13-,16-/m1/s1. The molecule has 0 saturated heterocycles. The van der Waals surface area contributed by atoms with Gasteiger partial charge in [0.15, 0.2) is 0 Å². The van der Waals surface area contributed by atoms with Crippen molar-refractivity contribution in [3.05, 3.63) is 29.3 Å². The van der Waals surface area contributed by atoms with Gasteiger partial charge in [0.05, 0.1) is 11.9 Å². The Labute approximate surface area is 144 Å². The van der Waals surface area contributed by atoms with Gasteiger partial charge in [0.1, 0.15) is 0 Å². The number of hydrogen-bond acceptors (Lipinski definition) is 3. The van der Waals surface area contributed by atoms with Crippen molar-refractivity contribution in [3.8, 4) is 0 Å². The highest BCUT2D eigenvalue weighted by Gasteiger charge is 2.30. The van der Waals surface area contributed by atoms with Crippen LogP contribution < -0.4 is 9.62 Å². The molecular weight excluding hydrogens is 324 g/mol. The van der Waals surface area contributed by atoms with Gasteiger partial charge in [0.2, 0.25) is 10.0 Å². The van der Waals surface area contributed by atoms with Crippen molar-refractivity contribution in [2.24, 2.45) is 11.8 Å². The zero-order valence-corrected chi connectivity index (χ0v) is 15.4. The van der Waals surface area contributed by atoms with Crippen LogP contribution in [0.1, 0.15) is 49.0 Å². The summed E-state index contributed by atoms with van der Waals surface area (Å²) >= 11 is 0. The molecule has 1 N–H and O–H groups in total. The second-order valence-corrected chi connectivity index (χ2v) is 9.18. The molecule has 1 aromatic rings. The fourth-order valence-corrected chi connectivity index (χ4v) is 4.85. The number of nitrogens with one attached hydrogen (secondary N) is 1. The zero-order valence-electron chi connectivity index (χ0n) is 14.6. The summed E-state index contributed by atoms with van der Waals surface area (Å²) in [6, 6.07) is 5.55. The van der Waals surface area contributed by atoms with E-state index in [1.165, 1.54) is 17.0 Å². The van der Waals surface area contributed by atoms with Crippen LogP contribution in [0.5, 0.6) is 0 Å². The summed E-state index contributed by atoms with van der Waals surface area (Å²) in [6.45, 7) is 4.91. The average Bonchev–Trinajstić information content (AvgIpc) is 2.95. The normalized spacial score (nSPS) is 27.0. The van der Waals surface area contributed by atoms with Gasteiger partial charge in [-0.25, -0.2) is 8.42 Å². The highest BCUT2D eigenvalue weighted by atomic mass is 32.2. The number of anilines is 1. The summed E-state index contributed by atoms with van der Waals surface area (Å²) in [6.07, 6.45) is 5.29. The van der Waals surface area contributed by atoms with Gasteiger partial charge in [-0.2, -0.15) is 0 Å². The summed E-state index contributed by atoms with van der Waals surface area (Å²) in [5, 5.41) is 3.18. The van der Waals surface area contributed by atoms with Crippen molar-refractivity contribution < 1.29 is 13.2 Å². The highest BCUT2D eigenvalue weighted by molar-refractivity contribution is 7.92. The largest absolute Gasteiger partial charge is 0.349 e. The Morgan fingerprint density at radius 3 is 2.71 bits per heavy atom. The monoisotopic (exact) mass is 350 g/mol. The number of sulfonamides is 1. The predicted octanol–water partition coefficient (Wildman–Crippen LogP) is 2.56. The van der Waals surface area contributed by atoms with E-state index in [9.17, 15) is 13.2 Å². The SMILES string of the molecule is C[C@@H]1[C@H](C)CCC[C@H]1NC(=O)c1ccc2c(c1)CCN2S(C)(=O)=O. The quantitative estimate of drug-likeness (QED) is 0.911. The topological polar surface area (TPSA) is 66.5 Å². The third-order valence-corrected chi connectivity index (χ3v) is 6.80. The van der Waals surface area contributed by atoms with E-state index in [0.717, 1.165) is 18.4 Å². The van der Waals surface area contributed by atoms with Gasteiger partial charge >= 0.3 is 0 Å². The van der Waals surface area contributed by atoms with Crippen LogP contribution >= 0.6 is 0 Å². The molecule has 3 rings (SSSR count). The minimum absolute atomic E-state index is 0.0541. The summed E-state index contributed by atoms with van der Waals surface area (Å²) in [5.41, 5.74) is 2.25. The molecule has 6 heteroatoms. The average molecular weight is 350 g/mol. The number of fused-ring (bicyclic) bond motifs is 1. The van der Waals surface area contributed by atoms with E-state index in [1.54, 1.807) is 12.1 Å². The Hall–Kier alpha value is -1.56. The summed E-state index contributed by atoms with van der Waals surface area (Å²) in [4.78, 5) is 12.6. The first kappa shape index (κ1) is 17.3. The molecule has 132 valence electrons.